The van der Waals surface area contributed by atoms with E-state index >= 15 is 0 Å². The average molecular weight is 347 g/mol. The molecule has 0 saturated heterocycles. The zero-order valence-corrected chi connectivity index (χ0v) is 15.5. The van der Waals surface area contributed by atoms with Crippen molar-refractivity contribution in [1.82, 2.24) is 15.5 Å². The summed E-state index contributed by atoms with van der Waals surface area (Å²) in [6.07, 6.45) is 4.46. The molecule has 1 rings (SSSR count). The van der Waals surface area contributed by atoms with Crippen LogP contribution in [-0.2, 0) is 14.6 Å². The van der Waals surface area contributed by atoms with E-state index in [4.69, 9.17) is 0 Å². The summed E-state index contributed by atoms with van der Waals surface area (Å²) in [5.74, 6) is -0.438. The first kappa shape index (κ1) is 19.9. The maximum atomic E-state index is 12.0. The second-order valence-corrected chi connectivity index (χ2v) is 9.65. The van der Waals surface area contributed by atoms with Gasteiger partial charge in [-0.25, -0.2) is 13.2 Å². The highest BCUT2D eigenvalue weighted by Crippen LogP contribution is 2.27. The number of sulfone groups is 1. The number of nitrogens with one attached hydrogen (secondary N) is 2. The maximum absolute atomic E-state index is 12.0. The van der Waals surface area contributed by atoms with Crippen LogP contribution in [0.1, 0.15) is 46.5 Å². The van der Waals surface area contributed by atoms with Crippen LogP contribution in [0.3, 0.4) is 0 Å². The average Bonchev–Trinajstić information content (AvgIpc) is 2.34. The Balaban J connectivity index is 2.61. The topological polar surface area (TPSA) is 95.6 Å². The van der Waals surface area contributed by atoms with Crippen molar-refractivity contribution in [3.05, 3.63) is 0 Å². The second-order valence-electron chi connectivity index (χ2n) is 7.39. The van der Waals surface area contributed by atoms with Crippen LogP contribution in [0, 0.1) is 0 Å². The summed E-state index contributed by atoms with van der Waals surface area (Å²) in [7, 11) is -1.42. The number of nitrogens with zero attached hydrogens (tertiary/aromatic N) is 1. The number of urea groups is 1. The molecule has 1 fully saturated rings. The highest BCUT2D eigenvalue weighted by molar-refractivity contribution is 7.91. The van der Waals surface area contributed by atoms with E-state index in [1.54, 1.807) is 11.9 Å². The maximum Gasteiger partial charge on any atom is 0.321 e. The lowest BCUT2D eigenvalue weighted by Gasteiger charge is -2.36. The number of amides is 3. The first-order valence-electron chi connectivity index (χ1n) is 7.91. The van der Waals surface area contributed by atoms with Gasteiger partial charge in [0.25, 0.3) is 0 Å². The van der Waals surface area contributed by atoms with Gasteiger partial charge in [-0.05, 0) is 40.7 Å². The summed E-state index contributed by atoms with van der Waals surface area (Å²) in [4.78, 5) is 25.4. The Morgan fingerprint density at radius 1 is 1.17 bits per heavy atom. The fourth-order valence-electron chi connectivity index (χ4n) is 2.96. The molecule has 0 heterocycles. The molecule has 2 atom stereocenters. The zero-order chi connectivity index (χ0) is 17.8. The number of hydrogen-bond donors (Lipinski definition) is 2. The third-order valence-corrected chi connectivity index (χ3v) is 5.57. The molecule has 0 radical (unpaired) electrons. The molecule has 3 amide bonds. The predicted octanol–water partition coefficient (Wildman–Crippen LogP) is 0.898. The van der Waals surface area contributed by atoms with Gasteiger partial charge in [0.1, 0.15) is 0 Å². The lowest BCUT2D eigenvalue weighted by molar-refractivity contribution is -0.121. The minimum Gasteiger partial charge on any atom is -0.333 e. The van der Waals surface area contributed by atoms with Gasteiger partial charge in [-0.15, -0.1) is 0 Å². The van der Waals surface area contributed by atoms with Crippen molar-refractivity contribution in [2.24, 2.45) is 0 Å². The van der Waals surface area contributed by atoms with E-state index in [1.165, 1.54) is 6.26 Å². The SMILES string of the molecule is CN(CC(=O)NC(=O)NC(C)(C)C)[C@H]1CCCC[C@@H]1S(C)(=O)=O. The molecule has 0 aromatic rings. The summed E-state index contributed by atoms with van der Waals surface area (Å²) >= 11 is 0. The summed E-state index contributed by atoms with van der Waals surface area (Å²) in [5, 5.41) is 4.48. The van der Waals surface area contributed by atoms with Crippen LogP contribution in [0.2, 0.25) is 0 Å². The van der Waals surface area contributed by atoms with E-state index in [1.807, 2.05) is 20.8 Å². The van der Waals surface area contributed by atoms with E-state index in [0.29, 0.717) is 6.42 Å². The highest BCUT2D eigenvalue weighted by atomic mass is 32.2. The lowest BCUT2D eigenvalue weighted by Crippen LogP contribution is -2.53. The molecule has 0 spiro atoms. The summed E-state index contributed by atoms with van der Waals surface area (Å²) in [6.45, 7) is 5.46. The van der Waals surface area contributed by atoms with Gasteiger partial charge in [0, 0.05) is 17.8 Å². The molecule has 0 aliphatic heterocycles. The van der Waals surface area contributed by atoms with Gasteiger partial charge in [-0.2, -0.15) is 0 Å². The van der Waals surface area contributed by atoms with Gasteiger partial charge in [0.05, 0.1) is 11.8 Å². The van der Waals surface area contributed by atoms with Crippen molar-refractivity contribution in [2.75, 3.05) is 19.8 Å². The monoisotopic (exact) mass is 347 g/mol. The quantitative estimate of drug-likeness (QED) is 0.788. The molecule has 0 aromatic heterocycles. The van der Waals surface area contributed by atoms with Gasteiger partial charge in [-0.1, -0.05) is 12.8 Å². The van der Waals surface area contributed by atoms with Crippen LogP contribution in [0.25, 0.3) is 0 Å². The lowest BCUT2D eigenvalue weighted by atomic mass is 9.94. The van der Waals surface area contributed by atoms with E-state index in [2.05, 4.69) is 10.6 Å². The second kappa shape index (κ2) is 7.61. The van der Waals surface area contributed by atoms with Crippen molar-refractivity contribution >= 4 is 21.8 Å². The standard InChI is InChI=1S/C15H29N3O4S/c1-15(2,3)17-14(20)16-13(19)10-18(4)11-8-6-7-9-12(11)23(5,21)22/h11-12H,6-10H2,1-5H3,(H2,16,17,19,20)/t11-,12-/m0/s1. The van der Waals surface area contributed by atoms with E-state index < -0.39 is 32.6 Å². The molecule has 134 valence electrons. The molecule has 0 unspecified atom stereocenters. The molecule has 2 N–H and O–H groups in total. The molecule has 7 nitrogen and oxygen atoms in total. The number of carbonyl (C=O) groups excluding carboxylic acids is 2. The highest BCUT2D eigenvalue weighted by Gasteiger charge is 2.35. The Morgan fingerprint density at radius 2 is 1.74 bits per heavy atom. The third-order valence-electron chi connectivity index (χ3n) is 3.92. The summed E-state index contributed by atoms with van der Waals surface area (Å²) in [5.41, 5.74) is -0.430. The Bertz CT molecular complexity index is 539. The Morgan fingerprint density at radius 3 is 2.26 bits per heavy atom. The van der Waals surface area contributed by atoms with E-state index in [0.717, 1.165) is 19.3 Å². The fraction of sp³-hybridized carbons (Fsp3) is 0.867. The zero-order valence-electron chi connectivity index (χ0n) is 14.7. The van der Waals surface area contributed by atoms with Gasteiger partial charge in [0.2, 0.25) is 5.91 Å². The van der Waals surface area contributed by atoms with Gasteiger partial charge in [-0.3, -0.25) is 15.0 Å². The van der Waals surface area contributed by atoms with Crippen LogP contribution in [-0.4, -0.2) is 61.9 Å². The Hall–Kier alpha value is -1.15. The molecule has 1 aliphatic rings. The minimum atomic E-state index is -3.16. The van der Waals surface area contributed by atoms with Crippen LogP contribution in [0.15, 0.2) is 0 Å². The number of hydrogen-bond acceptors (Lipinski definition) is 5. The van der Waals surface area contributed by atoms with Crippen molar-refractivity contribution < 1.29 is 18.0 Å². The van der Waals surface area contributed by atoms with Crippen LogP contribution in [0.4, 0.5) is 4.79 Å². The molecule has 23 heavy (non-hydrogen) atoms. The molecule has 1 aliphatic carbocycles. The molecule has 0 aromatic carbocycles. The van der Waals surface area contributed by atoms with Gasteiger partial charge in [0.15, 0.2) is 9.84 Å². The normalized spacial score (nSPS) is 22.7. The number of imide groups is 1. The molecular formula is C15H29N3O4S. The molecular weight excluding hydrogens is 318 g/mol. The number of rotatable bonds is 4. The largest absolute Gasteiger partial charge is 0.333 e. The van der Waals surface area contributed by atoms with E-state index in [9.17, 15) is 18.0 Å². The van der Waals surface area contributed by atoms with Crippen LogP contribution >= 0.6 is 0 Å². The molecule has 1 saturated carbocycles. The van der Waals surface area contributed by atoms with E-state index in [-0.39, 0.29) is 12.6 Å². The first-order chi connectivity index (χ1) is 10.4. The van der Waals surface area contributed by atoms with Crippen LogP contribution in [0.5, 0.6) is 0 Å². The number of likely N-dealkylation sites (N-methyl/N-ethyl adjacent to an activating group) is 1. The smallest absolute Gasteiger partial charge is 0.321 e. The Kier molecular flexibility index (Phi) is 6.59. The fourth-order valence-corrected chi connectivity index (χ4v) is 4.47. The van der Waals surface area contributed by atoms with Crippen molar-refractivity contribution in [2.45, 2.75) is 63.3 Å². The summed E-state index contributed by atoms with van der Waals surface area (Å²) < 4.78 is 23.9. The minimum absolute atomic E-state index is 0.00570. The van der Waals surface area contributed by atoms with Crippen molar-refractivity contribution in [1.29, 1.82) is 0 Å². The predicted molar refractivity (Wildman–Crippen MR) is 89.9 cm³/mol. The van der Waals surface area contributed by atoms with Crippen molar-refractivity contribution in [3.63, 3.8) is 0 Å². The molecule has 0 bridgehead atoms. The Labute approximate surface area is 139 Å². The van der Waals surface area contributed by atoms with Crippen LogP contribution < -0.4 is 10.6 Å². The molecule has 8 heteroatoms. The van der Waals surface area contributed by atoms with Gasteiger partial charge >= 0.3 is 6.03 Å². The third kappa shape index (κ3) is 6.87. The van der Waals surface area contributed by atoms with Crippen molar-refractivity contribution in [3.8, 4) is 0 Å². The first-order valence-corrected chi connectivity index (χ1v) is 9.87. The summed E-state index contributed by atoms with van der Waals surface area (Å²) in [6, 6.07) is -0.727. The number of carbonyl (C=O) groups is 2. The van der Waals surface area contributed by atoms with Gasteiger partial charge < -0.3 is 5.32 Å².